The van der Waals surface area contributed by atoms with Gasteiger partial charge in [-0.1, -0.05) is 6.07 Å². The SMILES string of the molecule is COc1ccc(CC(=O)N2CCn3cccc3[C@H]2C)cc1OC. The average molecular weight is 314 g/mol. The van der Waals surface area contributed by atoms with E-state index in [2.05, 4.69) is 23.8 Å². The minimum absolute atomic E-state index is 0.103. The summed E-state index contributed by atoms with van der Waals surface area (Å²) in [7, 11) is 3.21. The molecule has 1 amide bonds. The van der Waals surface area contributed by atoms with Crippen molar-refractivity contribution in [1.29, 1.82) is 0 Å². The highest BCUT2D eigenvalue weighted by atomic mass is 16.5. The van der Waals surface area contributed by atoms with Crippen molar-refractivity contribution in [1.82, 2.24) is 9.47 Å². The molecule has 122 valence electrons. The van der Waals surface area contributed by atoms with Gasteiger partial charge in [-0.3, -0.25) is 4.79 Å². The zero-order chi connectivity index (χ0) is 16.4. The fraction of sp³-hybridized carbons (Fsp3) is 0.389. The van der Waals surface area contributed by atoms with Gasteiger partial charge in [-0.15, -0.1) is 0 Å². The van der Waals surface area contributed by atoms with Crippen molar-refractivity contribution in [2.45, 2.75) is 25.9 Å². The summed E-state index contributed by atoms with van der Waals surface area (Å²) in [4.78, 5) is 14.7. The molecule has 0 saturated carbocycles. The molecule has 0 fully saturated rings. The topological polar surface area (TPSA) is 43.7 Å². The molecule has 1 aromatic carbocycles. The van der Waals surface area contributed by atoms with E-state index in [-0.39, 0.29) is 11.9 Å². The third-order valence-corrected chi connectivity index (χ3v) is 4.47. The van der Waals surface area contributed by atoms with Crippen LogP contribution in [0.1, 0.15) is 24.2 Å². The van der Waals surface area contributed by atoms with E-state index >= 15 is 0 Å². The van der Waals surface area contributed by atoms with Crippen LogP contribution in [0, 0.1) is 0 Å². The van der Waals surface area contributed by atoms with Crippen molar-refractivity contribution >= 4 is 5.91 Å². The largest absolute Gasteiger partial charge is 0.493 e. The third-order valence-electron chi connectivity index (χ3n) is 4.47. The monoisotopic (exact) mass is 314 g/mol. The highest BCUT2D eigenvalue weighted by Gasteiger charge is 2.27. The van der Waals surface area contributed by atoms with Crippen molar-refractivity contribution in [2.75, 3.05) is 20.8 Å². The lowest BCUT2D eigenvalue weighted by atomic mass is 10.1. The Morgan fingerprint density at radius 2 is 1.96 bits per heavy atom. The van der Waals surface area contributed by atoms with Crippen LogP contribution < -0.4 is 9.47 Å². The lowest BCUT2D eigenvalue weighted by Crippen LogP contribution is -2.41. The second-order valence-electron chi connectivity index (χ2n) is 5.76. The Balaban J connectivity index is 1.75. The normalized spacial score (nSPS) is 16.8. The number of methoxy groups -OCH3 is 2. The Bertz CT molecular complexity index is 708. The van der Waals surface area contributed by atoms with E-state index in [1.165, 1.54) is 5.69 Å². The number of carbonyl (C=O) groups is 1. The molecular formula is C18H22N2O3. The van der Waals surface area contributed by atoms with Gasteiger partial charge in [-0.2, -0.15) is 0 Å². The van der Waals surface area contributed by atoms with E-state index in [1.807, 2.05) is 29.2 Å². The molecule has 0 saturated heterocycles. The second kappa shape index (κ2) is 6.36. The predicted octanol–water partition coefficient (Wildman–Crippen LogP) is 2.65. The number of benzene rings is 1. The number of nitrogens with zero attached hydrogens (tertiary/aromatic N) is 2. The molecule has 5 heteroatoms. The number of aromatic nitrogens is 1. The molecule has 2 aromatic rings. The maximum atomic E-state index is 12.7. The maximum absolute atomic E-state index is 12.7. The fourth-order valence-corrected chi connectivity index (χ4v) is 3.19. The van der Waals surface area contributed by atoms with Crippen molar-refractivity contribution in [3.8, 4) is 11.5 Å². The van der Waals surface area contributed by atoms with Crippen molar-refractivity contribution in [2.24, 2.45) is 0 Å². The molecule has 0 spiro atoms. The lowest BCUT2D eigenvalue weighted by Gasteiger charge is -2.35. The highest BCUT2D eigenvalue weighted by molar-refractivity contribution is 5.79. The molecule has 0 radical (unpaired) electrons. The molecule has 0 aliphatic carbocycles. The van der Waals surface area contributed by atoms with Crippen LogP contribution in [0.3, 0.4) is 0 Å². The zero-order valence-electron chi connectivity index (χ0n) is 13.8. The van der Waals surface area contributed by atoms with Gasteiger partial charge in [0.05, 0.1) is 26.7 Å². The van der Waals surface area contributed by atoms with E-state index in [4.69, 9.17) is 9.47 Å². The molecule has 5 nitrogen and oxygen atoms in total. The Morgan fingerprint density at radius 1 is 1.17 bits per heavy atom. The molecule has 1 aromatic heterocycles. The van der Waals surface area contributed by atoms with E-state index in [0.717, 1.165) is 18.7 Å². The molecule has 1 aliphatic heterocycles. The molecule has 0 N–H and O–H groups in total. The van der Waals surface area contributed by atoms with Crippen LogP contribution >= 0.6 is 0 Å². The first-order valence-corrected chi connectivity index (χ1v) is 7.79. The standard InChI is InChI=1S/C18H22N2O3/c1-13-15-5-4-8-19(15)9-10-20(13)18(21)12-14-6-7-16(22-2)17(11-14)23-3/h4-8,11,13H,9-10,12H2,1-3H3/t13-/m1/s1. The van der Waals surface area contributed by atoms with Crippen molar-refractivity contribution in [3.05, 3.63) is 47.8 Å². The van der Waals surface area contributed by atoms with Gasteiger partial charge in [0.2, 0.25) is 5.91 Å². The van der Waals surface area contributed by atoms with Crippen LogP contribution in [0.2, 0.25) is 0 Å². The van der Waals surface area contributed by atoms with Gasteiger partial charge in [0.1, 0.15) is 0 Å². The quantitative estimate of drug-likeness (QED) is 0.871. The third kappa shape index (κ3) is 2.91. The Morgan fingerprint density at radius 3 is 2.70 bits per heavy atom. The number of hydrogen-bond donors (Lipinski definition) is 0. The van der Waals surface area contributed by atoms with Gasteiger partial charge in [0, 0.05) is 25.0 Å². The molecular weight excluding hydrogens is 292 g/mol. The van der Waals surface area contributed by atoms with Crippen molar-refractivity contribution in [3.63, 3.8) is 0 Å². The zero-order valence-corrected chi connectivity index (χ0v) is 13.8. The van der Waals surface area contributed by atoms with Gasteiger partial charge in [0.15, 0.2) is 11.5 Å². The van der Waals surface area contributed by atoms with E-state index in [0.29, 0.717) is 17.9 Å². The summed E-state index contributed by atoms with van der Waals surface area (Å²) in [5.41, 5.74) is 2.12. The van der Waals surface area contributed by atoms with E-state index < -0.39 is 0 Å². The first kappa shape index (κ1) is 15.5. The molecule has 1 aliphatic rings. The van der Waals surface area contributed by atoms with E-state index in [9.17, 15) is 4.79 Å². The molecule has 0 unspecified atom stereocenters. The van der Waals surface area contributed by atoms with Crippen LogP contribution in [0.25, 0.3) is 0 Å². The predicted molar refractivity (Wildman–Crippen MR) is 87.8 cm³/mol. The van der Waals surface area contributed by atoms with Gasteiger partial charge in [-0.25, -0.2) is 0 Å². The second-order valence-corrected chi connectivity index (χ2v) is 5.76. The molecule has 23 heavy (non-hydrogen) atoms. The first-order valence-electron chi connectivity index (χ1n) is 7.79. The Kier molecular flexibility index (Phi) is 4.28. The van der Waals surface area contributed by atoms with E-state index in [1.54, 1.807) is 14.2 Å². The maximum Gasteiger partial charge on any atom is 0.227 e. The number of amides is 1. The molecule has 0 bridgehead atoms. The minimum atomic E-state index is 0.103. The summed E-state index contributed by atoms with van der Waals surface area (Å²) in [6.45, 7) is 3.68. The lowest BCUT2D eigenvalue weighted by molar-refractivity contribution is -0.133. The number of carbonyl (C=O) groups excluding carboxylic acids is 1. The van der Waals surface area contributed by atoms with Crippen LogP contribution in [-0.4, -0.2) is 36.1 Å². The van der Waals surface area contributed by atoms with Gasteiger partial charge in [0.25, 0.3) is 0 Å². The molecule has 2 heterocycles. The minimum Gasteiger partial charge on any atom is -0.493 e. The summed E-state index contributed by atoms with van der Waals surface area (Å²) >= 11 is 0. The summed E-state index contributed by atoms with van der Waals surface area (Å²) in [6, 6.07) is 9.84. The number of hydrogen-bond acceptors (Lipinski definition) is 3. The Hall–Kier alpha value is -2.43. The summed E-state index contributed by atoms with van der Waals surface area (Å²) in [5, 5.41) is 0. The average Bonchev–Trinajstić information content (AvgIpc) is 3.04. The highest BCUT2D eigenvalue weighted by Crippen LogP contribution is 2.29. The number of rotatable bonds is 4. The van der Waals surface area contributed by atoms with Gasteiger partial charge >= 0.3 is 0 Å². The summed E-state index contributed by atoms with van der Waals surface area (Å²) in [6.07, 6.45) is 2.44. The Labute approximate surface area is 136 Å². The smallest absolute Gasteiger partial charge is 0.227 e. The summed E-state index contributed by atoms with van der Waals surface area (Å²) in [5.74, 6) is 1.46. The molecule has 1 atom stereocenters. The first-order chi connectivity index (χ1) is 11.1. The van der Waals surface area contributed by atoms with Gasteiger partial charge < -0.3 is 18.9 Å². The van der Waals surface area contributed by atoms with Crippen molar-refractivity contribution < 1.29 is 14.3 Å². The van der Waals surface area contributed by atoms with Crippen LogP contribution in [0.15, 0.2) is 36.5 Å². The number of fused-ring (bicyclic) bond motifs is 1. The molecule has 3 rings (SSSR count). The van der Waals surface area contributed by atoms with Crippen LogP contribution in [0.5, 0.6) is 11.5 Å². The summed E-state index contributed by atoms with van der Waals surface area (Å²) < 4.78 is 12.8. The fourth-order valence-electron chi connectivity index (χ4n) is 3.19. The van der Waals surface area contributed by atoms with Crippen LogP contribution in [0.4, 0.5) is 0 Å². The number of ether oxygens (including phenoxy) is 2. The van der Waals surface area contributed by atoms with Crippen LogP contribution in [-0.2, 0) is 17.8 Å². The van der Waals surface area contributed by atoms with Gasteiger partial charge in [-0.05, 0) is 36.8 Å².